The van der Waals surface area contributed by atoms with Crippen LogP contribution >= 0.6 is 0 Å². The first-order valence-corrected chi connectivity index (χ1v) is 9.10. The molecule has 0 spiro atoms. The van der Waals surface area contributed by atoms with E-state index in [0.717, 1.165) is 16.9 Å². The second-order valence-corrected chi connectivity index (χ2v) is 6.18. The Balaban J connectivity index is 1.82. The van der Waals surface area contributed by atoms with Gasteiger partial charge in [-0.1, -0.05) is 42.5 Å². The van der Waals surface area contributed by atoms with Crippen LogP contribution in [0.15, 0.2) is 88.8 Å². The molecule has 0 bridgehead atoms. The molecule has 1 aromatic heterocycles. The number of fused-ring (bicyclic) bond motifs is 1. The number of ether oxygens (including phenoxy) is 1. The maximum absolute atomic E-state index is 13.1. The van der Waals surface area contributed by atoms with Crippen molar-refractivity contribution in [3.8, 4) is 17.1 Å². The fraction of sp³-hybridized carbons (Fsp3) is 0.0870. The van der Waals surface area contributed by atoms with Crippen LogP contribution in [0.4, 0.5) is 0 Å². The molecule has 0 amide bonds. The molecule has 0 aliphatic rings. The second kappa shape index (κ2) is 7.88. The number of para-hydroxylation sites is 1. The molecule has 4 rings (SSSR count). The first kappa shape index (κ1) is 17.7. The molecule has 5 nitrogen and oxygen atoms in total. The van der Waals surface area contributed by atoms with Gasteiger partial charge in [-0.3, -0.25) is 4.79 Å². The standard InChI is InChI=1S/C23H19N3O2/c1-2-28-19-14-12-17(13-15-19)16-24-26-22(18-8-4-3-5-9-18)25-21-11-7-6-10-20(21)23(26)27/h3-16H,2H2,1H3. The van der Waals surface area contributed by atoms with Gasteiger partial charge in [0.15, 0.2) is 5.82 Å². The van der Waals surface area contributed by atoms with Crippen LogP contribution in [-0.4, -0.2) is 22.5 Å². The Morgan fingerprint density at radius 3 is 2.43 bits per heavy atom. The molecule has 1 heterocycles. The fourth-order valence-corrected chi connectivity index (χ4v) is 2.95. The highest BCUT2D eigenvalue weighted by Gasteiger charge is 2.11. The van der Waals surface area contributed by atoms with E-state index in [1.807, 2.05) is 79.7 Å². The van der Waals surface area contributed by atoms with Crippen LogP contribution in [0.25, 0.3) is 22.3 Å². The minimum atomic E-state index is -0.202. The third-order valence-corrected chi connectivity index (χ3v) is 4.30. The molecule has 0 saturated carbocycles. The molecule has 0 saturated heterocycles. The highest BCUT2D eigenvalue weighted by atomic mass is 16.5. The number of aromatic nitrogens is 2. The lowest BCUT2D eigenvalue weighted by molar-refractivity contribution is 0.340. The largest absolute Gasteiger partial charge is 0.494 e. The van der Waals surface area contributed by atoms with Gasteiger partial charge >= 0.3 is 0 Å². The van der Waals surface area contributed by atoms with E-state index in [2.05, 4.69) is 10.1 Å². The van der Waals surface area contributed by atoms with Crippen LogP contribution in [0.1, 0.15) is 12.5 Å². The molecule has 4 aromatic rings. The summed E-state index contributed by atoms with van der Waals surface area (Å²) in [7, 11) is 0. The van der Waals surface area contributed by atoms with Gasteiger partial charge in [0.2, 0.25) is 0 Å². The van der Waals surface area contributed by atoms with Gasteiger partial charge in [-0.15, -0.1) is 0 Å². The molecule has 3 aromatic carbocycles. The average molecular weight is 369 g/mol. The van der Waals surface area contributed by atoms with E-state index < -0.39 is 0 Å². The number of benzene rings is 3. The van der Waals surface area contributed by atoms with Crippen LogP contribution in [0.2, 0.25) is 0 Å². The summed E-state index contributed by atoms with van der Waals surface area (Å²) in [5.41, 5.74) is 2.14. The van der Waals surface area contributed by atoms with E-state index in [1.54, 1.807) is 12.3 Å². The minimum absolute atomic E-state index is 0.202. The first-order valence-electron chi connectivity index (χ1n) is 9.10. The molecule has 0 fully saturated rings. The smallest absolute Gasteiger partial charge is 0.282 e. The summed E-state index contributed by atoms with van der Waals surface area (Å²) >= 11 is 0. The van der Waals surface area contributed by atoms with Crippen molar-refractivity contribution in [2.75, 3.05) is 6.61 Å². The van der Waals surface area contributed by atoms with Crippen LogP contribution in [-0.2, 0) is 0 Å². The van der Waals surface area contributed by atoms with Gasteiger partial charge in [-0.05, 0) is 48.9 Å². The fourth-order valence-electron chi connectivity index (χ4n) is 2.95. The minimum Gasteiger partial charge on any atom is -0.494 e. The molecule has 5 heteroatoms. The summed E-state index contributed by atoms with van der Waals surface area (Å²) in [5.74, 6) is 1.31. The third kappa shape index (κ3) is 3.55. The zero-order valence-electron chi connectivity index (χ0n) is 15.4. The maximum Gasteiger partial charge on any atom is 0.282 e. The Kier molecular flexibility index (Phi) is 4.97. The van der Waals surface area contributed by atoms with Crippen molar-refractivity contribution in [3.05, 3.63) is 94.8 Å². The van der Waals surface area contributed by atoms with Gasteiger partial charge in [0.1, 0.15) is 5.75 Å². The molecule has 0 N–H and O–H groups in total. The topological polar surface area (TPSA) is 56.5 Å². The number of hydrogen-bond donors (Lipinski definition) is 0. The normalized spacial score (nSPS) is 11.2. The number of hydrogen-bond acceptors (Lipinski definition) is 4. The van der Waals surface area contributed by atoms with E-state index in [9.17, 15) is 4.79 Å². The summed E-state index contributed by atoms with van der Waals surface area (Å²) in [4.78, 5) is 17.8. The van der Waals surface area contributed by atoms with Crippen molar-refractivity contribution in [1.82, 2.24) is 9.66 Å². The van der Waals surface area contributed by atoms with Crippen LogP contribution in [0, 0.1) is 0 Å². The van der Waals surface area contributed by atoms with E-state index in [1.165, 1.54) is 4.68 Å². The zero-order valence-corrected chi connectivity index (χ0v) is 15.4. The highest BCUT2D eigenvalue weighted by molar-refractivity contribution is 5.82. The second-order valence-electron chi connectivity index (χ2n) is 6.18. The SMILES string of the molecule is CCOc1ccc(C=Nn2c(-c3ccccc3)nc3ccccc3c2=O)cc1. The van der Waals surface area contributed by atoms with Crippen molar-refractivity contribution in [3.63, 3.8) is 0 Å². The van der Waals surface area contributed by atoms with E-state index >= 15 is 0 Å². The van der Waals surface area contributed by atoms with E-state index in [4.69, 9.17) is 4.74 Å². The Labute approximate surface area is 162 Å². The monoisotopic (exact) mass is 369 g/mol. The van der Waals surface area contributed by atoms with Crippen LogP contribution in [0.5, 0.6) is 5.75 Å². The predicted molar refractivity (Wildman–Crippen MR) is 112 cm³/mol. The average Bonchev–Trinajstić information content (AvgIpc) is 2.75. The third-order valence-electron chi connectivity index (χ3n) is 4.30. The quantitative estimate of drug-likeness (QED) is 0.492. The molecular formula is C23H19N3O2. The summed E-state index contributed by atoms with van der Waals surface area (Å²) in [6, 6.07) is 24.4. The molecule has 138 valence electrons. The Morgan fingerprint density at radius 2 is 1.68 bits per heavy atom. The molecule has 0 aliphatic carbocycles. The van der Waals surface area contributed by atoms with Gasteiger partial charge in [0.25, 0.3) is 5.56 Å². The Morgan fingerprint density at radius 1 is 0.964 bits per heavy atom. The maximum atomic E-state index is 13.1. The number of nitrogens with zero attached hydrogens (tertiary/aromatic N) is 3. The molecule has 28 heavy (non-hydrogen) atoms. The Bertz CT molecular complexity index is 1180. The Hall–Kier alpha value is -3.73. The highest BCUT2D eigenvalue weighted by Crippen LogP contribution is 2.18. The summed E-state index contributed by atoms with van der Waals surface area (Å²) < 4.78 is 6.81. The summed E-state index contributed by atoms with van der Waals surface area (Å²) in [5, 5.41) is 4.99. The molecule has 0 aliphatic heterocycles. The van der Waals surface area contributed by atoms with Crippen molar-refractivity contribution in [1.29, 1.82) is 0 Å². The van der Waals surface area contributed by atoms with Crippen molar-refractivity contribution < 1.29 is 4.74 Å². The summed E-state index contributed by atoms with van der Waals surface area (Å²) in [6.45, 7) is 2.56. The van der Waals surface area contributed by atoms with Crippen molar-refractivity contribution in [2.24, 2.45) is 5.10 Å². The lowest BCUT2D eigenvalue weighted by atomic mass is 10.2. The van der Waals surface area contributed by atoms with E-state index in [-0.39, 0.29) is 5.56 Å². The van der Waals surface area contributed by atoms with Gasteiger partial charge in [-0.25, -0.2) is 4.98 Å². The first-order chi connectivity index (χ1) is 13.8. The predicted octanol–water partition coefficient (Wildman–Crippen LogP) is 4.34. The van der Waals surface area contributed by atoms with E-state index in [0.29, 0.717) is 23.3 Å². The lowest BCUT2D eigenvalue weighted by Gasteiger charge is -2.09. The van der Waals surface area contributed by atoms with Crippen molar-refractivity contribution >= 4 is 17.1 Å². The van der Waals surface area contributed by atoms with Crippen molar-refractivity contribution in [2.45, 2.75) is 6.92 Å². The van der Waals surface area contributed by atoms with Crippen LogP contribution in [0.3, 0.4) is 0 Å². The molecule has 0 unspecified atom stereocenters. The van der Waals surface area contributed by atoms with Gasteiger partial charge in [-0.2, -0.15) is 9.78 Å². The molecule has 0 atom stereocenters. The summed E-state index contributed by atoms with van der Waals surface area (Å²) in [6.07, 6.45) is 1.65. The van der Waals surface area contributed by atoms with Gasteiger partial charge in [0.05, 0.1) is 23.7 Å². The number of rotatable bonds is 5. The van der Waals surface area contributed by atoms with Crippen LogP contribution < -0.4 is 10.3 Å². The lowest BCUT2D eigenvalue weighted by Crippen LogP contribution is -2.20. The van der Waals surface area contributed by atoms with Gasteiger partial charge < -0.3 is 4.74 Å². The zero-order chi connectivity index (χ0) is 19.3. The van der Waals surface area contributed by atoms with Gasteiger partial charge in [0, 0.05) is 5.56 Å². The molecule has 0 radical (unpaired) electrons. The molecular weight excluding hydrogens is 350 g/mol.